The predicted molar refractivity (Wildman–Crippen MR) is 166 cm³/mol. The summed E-state index contributed by atoms with van der Waals surface area (Å²) < 4.78 is 7.09. The van der Waals surface area contributed by atoms with E-state index in [1.807, 2.05) is 0 Å². The molecule has 0 fully saturated rings. The van der Waals surface area contributed by atoms with Crippen LogP contribution < -0.4 is 5.19 Å². The third-order valence-corrected chi connectivity index (χ3v) is 9.66. The Balaban J connectivity index is 2.66. The third kappa shape index (κ3) is 18.6. The second-order valence-electron chi connectivity index (χ2n) is 11.6. The molecule has 0 atom stereocenters. The van der Waals surface area contributed by atoms with Gasteiger partial charge in [-0.05, 0) is 24.4 Å². The van der Waals surface area contributed by atoms with Crippen LogP contribution in [0.5, 0.6) is 0 Å². The molecule has 0 aromatic heterocycles. The molecule has 0 radical (unpaired) electrons. The SMILES string of the molecule is CCCCCCCCCC(CCCCCCCCC)(CCCCCCCCC)O[SiH2]c1ccccc1. The lowest BCUT2D eigenvalue weighted by molar-refractivity contribution is 0.0388. The van der Waals surface area contributed by atoms with E-state index in [0.29, 0.717) is 0 Å². The molecule has 0 saturated heterocycles. The molecule has 0 aliphatic heterocycles. The van der Waals surface area contributed by atoms with Crippen molar-refractivity contribution in [1.82, 2.24) is 0 Å². The maximum absolute atomic E-state index is 7.09. The van der Waals surface area contributed by atoms with Gasteiger partial charge in [-0.1, -0.05) is 186 Å². The summed E-state index contributed by atoms with van der Waals surface area (Å²) in [5.41, 5.74) is 0.151. The van der Waals surface area contributed by atoms with Crippen molar-refractivity contribution in [3.05, 3.63) is 30.3 Å². The minimum atomic E-state index is -0.668. The van der Waals surface area contributed by atoms with E-state index < -0.39 is 9.76 Å². The van der Waals surface area contributed by atoms with E-state index in [1.165, 1.54) is 159 Å². The molecule has 1 aromatic carbocycles. The van der Waals surface area contributed by atoms with Gasteiger partial charge in [0.2, 0.25) is 0 Å². The first kappa shape index (κ1) is 33.4. The Bertz CT molecular complexity index is 512. The van der Waals surface area contributed by atoms with E-state index in [0.717, 1.165) is 0 Å². The summed E-state index contributed by atoms with van der Waals surface area (Å²) in [7, 11) is -0.668. The molecule has 1 rings (SSSR count). The van der Waals surface area contributed by atoms with Gasteiger partial charge < -0.3 is 4.43 Å². The highest BCUT2D eigenvalue weighted by Gasteiger charge is 2.29. The normalized spacial score (nSPS) is 12.2. The van der Waals surface area contributed by atoms with Crippen LogP contribution in [-0.4, -0.2) is 15.4 Å². The molecule has 0 unspecified atom stereocenters. The molecule has 1 aromatic rings. The Morgan fingerprint density at radius 3 is 1.17 bits per heavy atom. The van der Waals surface area contributed by atoms with Crippen molar-refractivity contribution in [1.29, 1.82) is 0 Å². The van der Waals surface area contributed by atoms with Crippen molar-refractivity contribution in [3.8, 4) is 0 Å². The summed E-state index contributed by atoms with van der Waals surface area (Å²) >= 11 is 0. The minimum Gasteiger partial charge on any atom is -0.413 e. The van der Waals surface area contributed by atoms with Crippen LogP contribution in [0.4, 0.5) is 0 Å². The molecule has 2 heteroatoms. The number of rotatable bonds is 27. The van der Waals surface area contributed by atoms with E-state index in [-0.39, 0.29) is 5.60 Å². The van der Waals surface area contributed by atoms with Gasteiger partial charge in [0, 0.05) is 0 Å². The second-order valence-corrected chi connectivity index (χ2v) is 13.0. The first-order valence-corrected chi connectivity index (χ1v) is 17.7. The van der Waals surface area contributed by atoms with Crippen molar-refractivity contribution in [3.63, 3.8) is 0 Å². The second kappa shape index (κ2) is 24.7. The van der Waals surface area contributed by atoms with Crippen LogP contribution in [0.1, 0.15) is 175 Å². The van der Waals surface area contributed by atoms with Gasteiger partial charge >= 0.3 is 0 Å². The molecule has 1 nitrogen and oxygen atoms in total. The Labute approximate surface area is 229 Å². The van der Waals surface area contributed by atoms with Crippen molar-refractivity contribution in [2.75, 3.05) is 0 Å². The van der Waals surface area contributed by atoms with Gasteiger partial charge in [-0.25, -0.2) is 0 Å². The topological polar surface area (TPSA) is 9.23 Å². The van der Waals surface area contributed by atoms with Gasteiger partial charge in [0.05, 0.1) is 5.60 Å². The van der Waals surface area contributed by atoms with Crippen LogP contribution in [0, 0.1) is 0 Å². The van der Waals surface area contributed by atoms with Crippen molar-refractivity contribution < 1.29 is 4.43 Å². The van der Waals surface area contributed by atoms with Crippen LogP contribution in [0.3, 0.4) is 0 Å². The van der Waals surface area contributed by atoms with Crippen LogP contribution in [-0.2, 0) is 4.43 Å². The predicted octanol–water partition coefficient (Wildman–Crippen LogP) is 10.6. The van der Waals surface area contributed by atoms with Crippen molar-refractivity contribution in [2.24, 2.45) is 0 Å². The zero-order valence-corrected chi connectivity index (χ0v) is 26.4. The fourth-order valence-corrected chi connectivity index (χ4v) is 6.99. The molecule has 36 heavy (non-hydrogen) atoms. The van der Waals surface area contributed by atoms with Gasteiger partial charge in [-0.3, -0.25) is 0 Å². The van der Waals surface area contributed by atoms with Crippen molar-refractivity contribution in [2.45, 2.75) is 180 Å². The zero-order chi connectivity index (χ0) is 26.0. The zero-order valence-electron chi connectivity index (χ0n) is 25.0. The molecule has 0 heterocycles. The molecule has 210 valence electrons. The average Bonchev–Trinajstić information content (AvgIpc) is 2.91. The first-order valence-electron chi connectivity index (χ1n) is 16.4. The molecular formula is C34H64OSi. The van der Waals surface area contributed by atoms with Crippen LogP contribution >= 0.6 is 0 Å². The fraction of sp³-hybridized carbons (Fsp3) is 0.824. The van der Waals surface area contributed by atoms with E-state index in [9.17, 15) is 0 Å². The number of hydrogen-bond donors (Lipinski definition) is 0. The van der Waals surface area contributed by atoms with E-state index in [4.69, 9.17) is 4.43 Å². The molecule has 0 saturated carbocycles. The summed E-state index contributed by atoms with van der Waals surface area (Å²) in [6.07, 6.45) is 33.3. The Hall–Kier alpha value is -0.603. The molecule has 0 amide bonds. The lowest BCUT2D eigenvalue weighted by Crippen LogP contribution is -2.37. The maximum atomic E-state index is 7.09. The first-order chi connectivity index (χ1) is 17.8. The molecule has 0 aliphatic rings. The standard InChI is InChI=1S/C34H64OSi/c1-4-7-10-13-16-19-25-30-34(31-26-20-17-14-11-8-5-2,32-27-21-18-15-12-9-6-3)35-36-33-28-23-22-24-29-33/h22-24,28-29H,4-21,25-27,30-32,36H2,1-3H3. The summed E-state index contributed by atoms with van der Waals surface area (Å²) in [6, 6.07) is 11.1. The lowest BCUT2D eigenvalue weighted by Gasteiger charge is -2.36. The molecule has 0 N–H and O–H groups in total. The molecule has 0 bridgehead atoms. The highest BCUT2D eigenvalue weighted by atomic mass is 28.2. The van der Waals surface area contributed by atoms with Crippen molar-refractivity contribution >= 4 is 14.9 Å². The molecule has 0 spiro atoms. The Morgan fingerprint density at radius 1 is 0.472 bits per heavy atom. The highest BCUT2D eigenvalue weighted by Crippen LogP contribution is 2.33. The minimum absolute atomic E-state index is 0.151. The highest BCUT2D eigenvalue weighted by molar-refractivity contribution is 6.47. The van der Waals surface area contributed by atoms with Crippen LogP contribution in [0.15, 0.2) is 30.3 Å². The van der Waals surface area contributed by atoms with Gasteiger partial charge in [0.1, 0.15) is 0 Å². The average molecular weight is 517 g/mol. The summed E-state index contributed by atoms with van der Waals surface area (Å²) in [6.45, 7) is 6.95. The van der Waals surface area contributed by atoms with Gasteiger partial charge in [-0.15, -0.1) is 0 Å². The van der Waals surface area contributed by atoms with Gasteiger partial charge in [0.25, 0.3) is 0 Å². The summed E-state index contributed by atoms with van der Waals surface area (Å²) in [5, 5.41) is 1.47. The smallest absolute Gasteiger partial charge is 0.193 e. The fourth-order valence-electron chi connectivity index (χ4n) is 5.61. The largest absolute Gasteiger partial charge is 0.413 e. The number of unbranched alkanes of at least 4 members (excludes halogenated alkanes) is 18. The van der Waals surface area contributed by atoms with Gasteiger partial charge in [-0.2, -0.15) is 0 Å². The number of hydrogen-bond acceptors (Lipinski definition) is 1. The maximum Gasteiger partial charge on any atom is 0.193 e. The van der Waals surface area contributed by atoms with Crippen LogP contribution in [0.2, 0.25) is 0 Å². The molecule has 0 aliphatic carbocycles. The quantitative estimate of drug-likeness (QED) is 0.0834. The lowest BCUT2D eigenvalue weighted by atomic mass is 9.85. The summed E-state index contributed by atoms with van der Waals surface area (Å²) in [5.74, 6) is 0. The van der Waals surface area contributed by atoms with Gasteiger partial charge in [0.15, 0.2) is 9.76 Å². The Morgan fingerprint density at radius 2 is 0.806 bits per heavy atom. The Kier molecular flexibility index (Phi) is 22.9. The van der Waals surface area contributed by atoms with E-state index >= 15 is 0 Å². The number of benzene rings is 1. The molecular weight excluding hydrogens is 452 g/mol. The van der Waals surface area contributed by atoms with Crippen LogP contribution in [0.25, 0.3) is 0 Å². The third-order valence-electron chi connectivity index (χ3n) is 8.10. The van der Waals surface area contributed by atoms with E-state index in [2.05, 4.69) is 51.1 Å². The van der Waals surface area contributed by atoms with E-state index in [1.54, 1.807) is 0 Å². The summed E-state index contributed by atoms with van der Waals surface area (Å²) in [4.78, 5) is 0. The monoisotopic (exact) mass is 516 g/mol.